The highest BCUT2D eigenvalue weighted by atomic mass is 16.2. The molecule has 0 bridgehead atoms. The van der Waals surface area contributed by atoms with Crippen molar-refractivity contribution < 1.29 is 4.79 Å². The van der Waals surface area contributed by atoms with Crippen molar-refractivity contribution in [3.8, 4) is 0 Å². The van der Waals surface area contributed by atoms with E-state index in [0.29, 0.717) is 12.6 Å². The van der Waals surface area contributed by atoms with Crippen LogP contribution in [0.2, 0.25) is 0 Å². The summed E-state index contributed by atoms with van der Waals surface area (Å²) in [5.41, 5.74) is -0.151. The number of hydrogen-bond acceptors (Lipinski definition) is 3. The van der Waals surface area contributed by atoms with Crippen LogP contribution in [-0.4, -0.2) is 29.6 Å². The summed E-state index contributed by atoms with van der Waals surface area (Å²) in [4.78, 5) is 23.0. The van der Waals surface area contributed by atoms with Crippen LogP contribution < -0.4 is 16.2 Å². The van der Waals surface area contributed by atoms with Gasteiger partial charge in [0.05, 0.1) is 0 Å². The zero-order chi connectivity index (χ0) is 12.1. The van der Waals surface area contributed by atoms with Crippen LogP contribution in [0.4, 0.5) is 0 Å². The summed E-state index contributed by atoms with van der Waals surface area (Å²) in [7, 11) is 0. The minimum atomic E-state index is -0.151. The lowest BCUT2D eigenvalue weighted by Gasteiger charge is -2.11. The lowest BCUT2D eigenvalue weighted by molar-refractivity contribution is -0.121. The summed E-state index contributed by atoms with van der Waals surface area (Å²) in [6, 6.07) is 5.24. The van der Waals surface area contributed by atoms with E-state index in [0.717, 1.165) is 13.0 Å². The monoisotopic (exact) mass is 235 g/mol. The smallest absolute Gasteiger partial charge is 0.250 e. The minimum absolute atomic E-state index is 0.0897. The van der Waals surface area contributed by atoms with Crippen LogP contribution in [0, 0.1) is 0 Å². The van der Waals surface area contributed by atoms with E-state index in [1.54, 1.807) is 18.3 Å². The molecule has 1 aliphatic heterocycles. The van der Waals surface area contributed by atoms with Crippen molar-refractivity contribution in [3.63, 3.8) is 0 Å². The maximum Gasteiger partial charge on any atom is 0.250 e. The Balaban J connectivity index is 1.81. The molecule has 1 saturated heterocycles. The number of hydrogen-bond donors (Lipinski definition) is 2. The van der Waals surface area contributed by atoms with Crippen LogP contribution in [0.1, 0.15) is 12.8 Å². The van der Waals surface area contributed by atoms with E-state index in [4.69, 9.17) is 0 Å². The highest BCUT2D eigenvalue weighted by Crippen LogP contribution is 2.02. The van der Waals surface area contributed by atoms with Crippen LogP contribution in [-0.2, 0) is 11.3 Å². The largest absolute Gasteiger partial charge is 0.353 e. The van der Waals surface area contributed by atoms with Gasteiger partial charge in [-0.05, 0) is 25.5 Å². The Labute approximate surface area is 99.8 Å². The summed E-state index contributed by atoms with van der Waals surface area (Å²) >= 11 is 0. The van der Waals surface area contributed by atoms with E-state index in [-0.39, 0.29) is 18.0 Å². The van der Waals surface area contributed by atoms with Crippen LogP contribution in [0.3, 0.4) is 0 Å². The third-order valence-corrected chi connectivity index (χ3v) is 2.92. The van der Waals surface area contributed by atoms with Crippen molar-refractivity contribution in [2.24, 2.45) is 0 Å². The van der Waals surface area contributed by atoms with Gasteiger partial charge in [0.15, 0.2) is 0 Å². The summed E-state index contributed by atoms with van der Waals surface area (Å²) in [5, 5.41) is 6.14. The van der Waals surface area contributed by atoms with Crippen LogP contribution in [0.25, 0.3) is 0 Å². The number of carbonyl (C=O) groups excluding carboxylic acids is 1. The lowest BCUT2D eigenvalue weighted by atomic mass is 10.2. The SMILES string of the molecule is O=C(Cn1ccccc1=O)NCC1CCCN1. The van der Waals surface area contributed by atoms with E-state index in [2.05, 4.69) is 10.6 Å². The van der Waals surface area contributed by atoms with E-state index >= 15 is 0 Å². The highest BCUT2D eigenvalue weighted by Gasteiger charge is 2.14. The summed E-state index contributed by atoms with van der Waals surface area (Å²) in [6.07, 6.45) is 3.89. The molecule has 2 rings (SSSR count). The second-order valence-corrected chi connectivity index (χ2v) is 4.26. The molecular formula is C12H17N3O2. The minimum Gasteiger partial charge on any atom is -0.353 e. The maximum absolute atomic E-state index is 11.6. The molecule has 1 aliphatic rings. The number of nitrogens with zero attached hydrogens (tertiary/aromatic N) is 1. The lowest BCUT2D eigenvalue weighted by Crippen LogP contribution is -2.39. The van der Waals surface area contributed by atoms with Crippen molar-refractivity contribution in [2.45, 2.75) is 25.4 Å². The van der Waals surface area contributed by atoms with Crippen molar-refractivity contribution in [1.82, 2.24) is 15.2 Å². The molecule has 1 unspecified atom stereocenters. The van der Waals surface area contributed by atoms with Crippen LogP contribution in [0.15, 0.2) is 29.2 Å². The summed E-state index contributed by atoms with van der Waals surface area (Å²) in [5.74, 6) is -0.119. The predicted octanol–water partition coefficient (Wildman–Crippen LogP) is -0.283. The average molecular weight is 235 g/mol. The Hall–Kier alpha value is -1.62. The Morgan fingerprint density at radius 1 is 1.53 bits per heavy atom. The molecule has 2 heterocycles. The van der Waals surface area contributed by atoms with Gasteiger partial charge in [-0.3, -0.25) is 9.59 Å². The van der Waals surface area contributed by atoms with Gasteiger partial charge in [0.2, 0.25) is 5.91 Å². The normalized spacial score (nSPS) is 19.2. The molecule has 1 aromatic heterocycles. The number of rotatable bonds is 4. The molecule has 17 heavy (non-hydrogen) atoms. The summed E-state index contributed by atoms with van der Waals surface area (Å²) < 4.78 is 1.40. The first-order valence-corrected chi connectivity index (χ1v) is 5.91. The van der Waals surface area contributed by atoms with Crippen LogP contribution >= 0.6 is 0 Å². The number of pyridine rings is 1. The van der Waals surface area contributed by atoms with Gasteiger partial charge in [-0.25, -0.2) is 0 Å². The topological polar surface area (TPSA) is 63.1 Å². The molecule has 0 spiro atoms. The van der Waals surface area contributed by atoms with Gasteiger partial charge in [0.1, 0.15) is 6.54 Å². The molecule has 92 valence electrons. The summed E-state index contributed by atoms with van der Waals surface area (Å²) in [6.45, 7) is 1.76. The first-order valence-electron chi connectivity index (χ1n) is 5.91. The van der Waals surface area contributed by atoms with Gasteiger partial charge in [0, 0.05) is 24.8 Å². The number of carbonyl (C=O) groups is 1. The van der Waals surface area contributed by atoms with Gasteiger partial charge in [0.25, 0.3) is 5.56 Å². The van der Waals surface area contributed by atoms with Crippen molar-refractivity contribution in [2.75, 3.05) is 13.1 Å². The maximum atomic E-state index is 11.6. The van der Waals surface area contributed by atoms with Crippen molar-refractivity contribution >= 4 is 5.91 Å². The number of aromatic nitrogens is 1. The fraction of sp³-hybridized carbons (Fsp3) is 0.500. The second-order valence-electron chi connectivity index (χ2n) is 4.26. The Morgan fingerprint density at radius 2 is 2.41 bits per heavy atom. The second kappa shape index (κ2) is 5.63. The molecule has 0 aromatic carbocycles. The molecule has 1 aromatic rings. The van der Waals surface area contributed by atoms with Crippen molar-refractivity contribution in [3.05, 3.63) is 34.7 Å². The zero-order valence-electron chi connectivity index (χ0n) is 9.69. The van der Waals surface area contributed by atoms with E-state index in [9.17, 15) is 9.59 Å². The fourth-order valence-corrected chi connectivity index (χ4v) is 1.97. The highest BCUT2D eigenvalue weighted by molar-refractivity contribution is 5.75. The molecule has 5 nitrogen and oxygen atoms in total. The van der Waals surface area contributed by atoms with Crippen LogP contribution in [0.5, 0.6) is 0 Å². The zero-order valence-corrected chi connectivity index (χ0v) is 9.69. The number of nitrogens with one attached hydrogen (secondary N) is 2. The number of amides is 1. The van der Waals surface area contributed by atoms with E-state index in [1.807, 2.05) is 0 Å². The molecule has 5 heteroatoms. The van der Waals surface area contributed by atoms with E-state index in [1.165, 1.54) is 17.1 Å². The quantitative estimate of drug-likeness (QED) is 0.754. The third-order valence-electron chi connectivity index (χ3n) is 2.92. The first-order chi connectivity index (χ1) is 8.25. The molecule has 1 atom stereocenters. The average Bonchev–Trinajstić information content (AvgIpc) is 2.82. The Morgan fingerprint density at radius 3 is 3.12 bits per heavy atom. The Bertz CT molecular complexity index is 435. The predicted molar refractivity (Wildman–Crippen MR) is 64.7 cm³/mol. The van der Waals surface area contributed by atoms with Gasteiger partial charge < -0.3 is 15.2 Å². The van der Waals surface area contributed by atoms with Gasteiger partial charge in [-0.1, -0.05) is 6.07 Å². The molecule has 1 fully saturated rings. The van der Waals surface area contributed by atoms with Gasteiger partial charge in [-0.2, -0.15) is 0 Å². The van der Waals surface area contributed by atoms with E-state index < -0.39 is 0 Å². The molecule has 0 radical (unpaired) electrons. The third kappa shape index (κ3) is 3.42. The van der Waals surface area contributed by atoms with Gasteiger partial charge >= 0.3 is 0 Å². The van der Waals surface area contributed by atoms with Gasteiger partial charge in [-0.15, -0.1) is 0 Å². The Kier molecular flexibility index (Phi) is 3.93. The molecular weight excluding hydrogens is 218 g/mol. The molecule has 0 saturated carbocycles. The first kappa shape index (κ1) is 11.9. The standard InChI is InChI=1S/C12H17N3O2/c16-11(14-8-10-4-3-6-13-10)9-15-7-2-1-5-12(15)17/h1-2,5,7,10,13H,3-4,6,8-9H2,(H,14,16). The fourth-order valence-electron chi connectivity index (χ4n) is 1.97. The van der Waals surface area contributed by atoms with Crippen molar-refractivity contribution in [1.29, 1.82) is 0 Å². The molecule has 1 amide bonds. The molecule has 2 N–H and O–H groups in total. The molecule has 0 aliphatic carbocycles.